The molecule has 0 fully saturated rings. The first-order valence-corrected chi connectivity index (χ1v) is 6.93. The summed E-state index contributed by atoms with van der Waals surface area (Å²) in [6.07, 6.45) is 2.56. The fourth-order valence-corrected chi connectivity index (χ4v) is 2.24. The van der Waals surface area contributed by atoms with Gasteiger partial charge in [0.25, 0.3) is 0 Å². The van der Waals surface area contributed by atoms with Gasteiger partial charge in [-0.25, -0.2) is 9.97 Å². The van der Waals surface area contributed by atoms with Gasteiger partial charge in [0.2, 0.25) is 0 Å². The third-order valence-electron chi connectivity index (χ3n) is 2.92. The molecule has 0 saturated carbocycles. The van der Waals surface area contributed by atoms with Gasteiger partial charge in [0.1, 0.15) is 18.0 Å². The smallest absolute Gasteiger partial charge is 0.133 e. The maximum Gasteiger partial charge on any atom is 0.133 e. The minimum absolute atomic E-state index is 0.833. The van der Waals surface area contributed by atoms with Crippen LogP contribution in [-0.2, 0) is 6.42 Å². The number of hydrogen-bond acceptors (Lipinski definition) is 4. The van der Waals surface area contributed by atoms with Crippen LogP contribution < -0.4 is 10.2 Å². The number of halogens is 1. The van der Waals surface area contributed by atoms with Gasteiger partial charge in [-0.2, -0.15) is 0 Å². The maximum atomic E-state index is 4.28. The number of aromatic nitrogens is 2. The largest absolute Gasteiger partial charge is 0.373 e. The van der Waals surface area contributed by atoms with Crippen LogP contribution in [0.1, 0.15) is 5.56 Å². The van der Waals surface area contributed by atoms with E-state index < -0.39 is 0 Å². The molecule has 0 radical (unpaired) electrons. The first kappa shape index (κ1) is 13.8. The third kappa shape index (κ3) is 3.92. The molecule has 0 aliphatic heterocycles. The Labute approximate surface area is 122 Å². The third-order valence-corrected chi connectivity index (χ3v) is 3.42. The van der Waals surface area contributed by atoms with Gasteiger partial charge in [-0.3, -0.25) is 0 Å². The highest BCUT2D eigenvalue weighted by Gasteiger charge is 2.04. The van der Waals surface area contributed by atoms with Crippen molar-refractivity contribution in [3.05, 3.63) is 46.7 Å². The van der Waals surface area contributed by atoms with Gasteiger partial charge in [-0.1, -0.05) is 28.1 Å². The van der Waals surface area contributed by atoms with Crippen LogP contribution in [0.2, 0.25) is 0 Å². The van der Waals surface area contributed by atoms with Crippen LogP contribution in [0.3, 0.4) is 0 Å². The van der Waals surface area contributed by atoms with Gasteiger partial charge in [0.15, 0.2) is 0 Å². The molecule has 2 rings (SSSR count). The molecule has 1 aromatic heterocycles. The van der Waals surface area contributed by atoms with E-state index in [0.717, 1.165) is 29.1 Å². The Kier molecular flexibility index (Phi) is 4.74. The predicted octanol–water partition coefficient (Wildman–Crippen LogP) is 2.96. The SMILES string of the molecule is CNc1cc(N(C)CCc2cccc(Br)c2)ncn1. The molecule has 1 N–H and O–H groups in total. The molecule has 100 valence electrons. The number of nitrogens with zero attached hydrogens (tertiary/aromatic N) is 3. The Morgan fingerprint density at radius 3 is 2.84 bits per heavy atom. The molecular weight excluding hydrogens is 304 g/mol. The van der Waals surface area contributed by atoms with E-state index in [1.54, 1.807) is 6.33 Å². The summed E-state index contributed by atoms with van der Waals surface area (Å²) >= 11 is 3.49. The molecule has 0 amide bonds. The summed E-state index contributed by atoms with van der Waals surface area (Å²) in [7, 11) is 3.90. The van der Waals surface area contributed by atoms with Gasteiger partial charge in [0.05, 0.1) is 0 Å². The zero-order valence-corrected chi connectivity index (χ0v) is 12.7. The Morgan fingerprint density at radius 2 is 2.11 bits per heavy atom. The van der Waals surface area contributed by atoms with E-state index in [9.17, 15) is 0 Å². The van der Waals surface area contributed by atoms with Gasteiger partial charge in [-0.15, -0.1) is 0 Å². The summed E-state index contributed by atoms with van der Waals surface area (Å²) in [6.45, 7) is 0.913. The Bertz CT molecular complexity index is 544. The van der Waals surface area contributed by atoms with Crippen molar-refractivity contribution < 1.29 is 0 Å². The van der Waals surface area contributed by atoms with Crippen molar-refractivity contribution >= 4 is 27.6 Å². The minimum atomic E-state index is 0.833. The number of benzene rings is 1. The molecule has 19 heavy (non-hydrogen) atoms. The van der Waals surface area contributed by atoms with Gasteiger partial charge < -0.3 is 10.2 Å². The average molecular weight is 321 g/mol. The van der Waals surface area contributed by atoms with Crippen molar-refractivity contribution in [2.45, 2.75) is 6.42 Å². The van der Waals surface area contributed by atoms with E-state index in [2.05, 4.69) is 54.3 Å². The summed E-state index contributed by atoms with van der Waals surface area (Å²) in [5.74, 6) is 1.76. The highest BCUT2D eigenvalue weighted by atomic mass is 79.9. The van der Waals surface area contributed by atoms with Crippen LogP contribution in [-0.4, -0.2) is 30.6 Å². The summed E-state index contributed by atoms with van der Waals surface area (Å²) in [5, 5.41) is 3.02. The monoisotopic (exact) mass is 320 g/mol. The fraction of sp³-hybridized carbons (Fsp3) is 0.286. The van der Waals surface area contributed by atoms with Crippen LogP contribution in [0.25, 0.3) is 0 Å². The highest BCUT2D eigenvalue weighted by Crippen LogP contribution is 2.15. The molecule has 0 aliphatic rings. The van der Waals surface area contributed by atoms with Gasteiger partial charge >= 0.3 is 0 Å². The lowest BCUT2D eigenvalue weighted by Crippen LogP contribution is -2.21. The summed E-state index contributed by atoms with van der Waals surface area (Å²) in [6, 6.07) is 10.3. The second-order valence-electron chi connectivity index (χ2n) is 4.31. The molecule has 4 nitrogen and oxygen atoms in total. The van der Waals surface area contributed by atoms with Crippen molar-refractivity contribution in [2.24, 2.45) is 0 Å². The molecule has 0 unspecified atom stereocenters. The molecule has 2 aromatic rings. The van der Waals surface area contributed by atoms with Crippen molar-refractivity contribution in [3.8, 4) is 0 Å². The van der Waals surface area contributed by atoms with Gasteiger partial charge in [-0.05, 0) is 24.1 Å². The van der Waals surface area contributed by atoms with E-state index in [1.807, 2.05) is 26.2 Å². The number of rotatable bonds is 5. The molecule has 0 spiro atoms. The van der Waals surface area contributed by atoms with Crippen LogP contribution in [0.4, 0.5) is 11.6 Å². The summed E-state index contributed by atoms with van der Waals surface area (Å²) in [4.78, 5) is 10.5. The van der Waals surface area contributed by atoms with E-state index in [0.29, 0.717) is 0 Å². The van der Waals surface area contributed by atoms with Crippen molar-refractivity contribution in [1.82, 2.24) is 9.97 Å². The quantitative estimate of drug-likeness (QED) is 0.919. The van der Waals surface area contributed by atoms with E-state index in [-0.39, 0.29) is 0 Å². The molecule has 0 saturated heterocycles. The number of hydrogen-bond donors (Lipinski definition) is 1. The van der Waals surface area contributed by atoms with E-state index in [1.165, 1.54) is 5.56 Å². The zero-order valence-electron chi connectivity index (χ0n) is 11.1. The van der Waals surface area contributed by atoms with E-state index >= 15 is 0 Å². The van der Waals surface area contributed by atoms with Crippen molar-refractivity contribution in [2.75, 3.05) is 30.9 Å². The summed E-state index contributed by atoms with van der Waals surface area (Å²) < 4.78 is 1.12. The first-order valence-electron chi connectivity index (χ1n) is 6.14. The fourth-order valence-electron chi connectivity index (χ4n) is 1.80. The minimum Gasteiger partial charge on any atom is -0.373 e. The topological polar surface area (TPSA) is 41.0 Å². The van der Waals surface area contributed by atoms with Crippen LogP contribution >= 0.6 is 15.9 Å². The highest BCUT2D eigenvalue weighted by molar-refractivity contribution is 9.10. The number of likely N-dealkylation sites (N-methyl/N-ethyl adjacent to an activating group) is 1. The number of anilines is 2. The lowest BCUT2D eigenvalue weighted by atomic mass is 10.1. The van der Waals surface area contributed by atoms with Crippen LogP contribution in [0.5, 0.6) is 0 Å². The molecule has 0 atom stereocenters. The number of nitrogens with one attached hydrogen (secondary N) is 1. The zero-order chi connectivity index (χ0) is 13.7. The first-order chi connectivity index (χ1) is 9.19. The van der Waals surface area contributed by atoms with Crippen molar-refractivity contribution in [3.63, 3.8) is 0 Å². The summed E-state index contributed by atoms with van der Waals surface area (Å²) in [5.41, 5.74) is 1.31. The Hall–Kier alpha value is -1.62. The molecule has 1 heterocycles. The normalized spacial score (nSPS) is 10.3. The lowest BCUT2D eigenvalue weighted by Gasteiger charge is -2.18. The maximum absolute atomic E-state index is 4.28. The van der Waals surface area contributed by atoms with Crippen molar-refractivity contribution in [1.29, 1.82) is 0 Å². The standard InChI is InChI=1S/C14H17BrN4/c1-16-13-9-14(18-10-17-13)19(2)7-6-11-4-3-5-12(15)8-11/h3-5,8-10H,6-7H2,1-2H3,(H,16,17,18). The lowest BCUT2D eigenvalue weighted by molar-refractivity contribution is 0.855. The van der Waals surface area contributed by atoms with E-state index in [4.69, 9.17) is 0 Å². The van der Waals surface area contributed by atoms with Crippen LogP contribution in [0.15, 0.2) is 41.1 Å². The predicted molar refractivity (Wildman–Crippen MR) is 82.7 cm³/mol. The molecule has 0 bridgehead atoms. The molecular formula is C14H17BrN4. The Balaban J connectivity index is 1.99. The molecule has 1 aromatic carbocycles. The van der Waals surface area contributed by atoms with Gasteiger partial charge in [0, 0.05) is 31.2 Å². The Morgan fingerprint density at radius 1 is 1.26 bits per heavy atom. The average Bonchev–Trinajstić information content (AvgIpc) is 2.45. The van der Waals surface area contributed by atoms with Crippen LogP contribution in [0, 0.1) is 0 Å². The molecule has 0 aliphatic carbocycles. The second kappa shape index (κ2) is 6.52. The second-order valence-corrected chi connectivity index (χ2v) is 5.23. The molecule has 5 heteroatoms.